The van der Waals surface area contributed by atoms with Gasteiger partial charge in [0.2, 0.25) is 0 Å². The van der Waals surface area contributed by atoms with Gasteiger partial charge < -0.3 is 19.0 Å². The Bertz CT molecular complexity index is 2540. The number of nitrogens with zero attached hydrogens (tertiary/aromatic N) is 6. The lowest BCUT2D eigenvalue weighted by molar-refractivity contribution is -0.155. The summed E-state index contributed by atoms with van der Waals surface area (Å²) in [5, 5.41) is 9.74. The summed E-state index contributed by atoms with van der Waals surface area (Å²) in [6.45, 7) is 16.4. The molecular weight excluding hydrogens is 964 g/mol. The zero-order chi connectivity index (χ0) is 48.0. The minimum Gasteiger partial charge on any atom is -0.505 e. The average molecular weight is 1020 g/mol. The van der Waals surface area contributed by atoms with Gasteiger partial charge in [0.15, 0.2) is 0 Å². The molecule has 0 amide bonds. The summed E-state index contributed by atoms with van der Waals surface area (Å²) in [5.41, 5.74) is 7.27. The molecule has 0 fully saturated rings. The smallest absolute Gasteiger partial charge is 0.312 e. The maximum absolute atomic E-state index is 12.9. The Balaban J connectivity index is 0.000000248. The van der Waals surface area contributed by atoms with Gasteiger partial charge in [-0.05, 0) is 128 Å². The largest absolute Gasteiger partial charge is 0.505 e. The lowest BCUT2D eigenvalue weighted by Gasteiger charge is -2.22. The van der Waals surface area contributed by atoms with Crippen molar-refractivity contribution in [3.8, 4) is 22.8 Å². The number of esters is 2. The number of aldehydes is 1. The van der Waals surface area contributed by atoms with Crippen LogP contribution in [0.1, 0.15) is 114 Å². The van der Waals surface area contributed by atoms with Crippen LogP contribution in [-0.2, 0) is 54.5 Å². The first kappa shape index (κ1) is 51.3. The molecule has 2 aromatic carbocycles. The van der Waals surface area contributed by atoms with Gasteiger partial charge in [-0.25, -0.2) is 0 Å². The number of aryl methyl sites for hydroxylation is 2. The Morgan fingerprint density at radius 1 is 0.636 bits per heavy atom. The summed E-state index contributed by atoms with van der Waals surface area (Å²) >= 11 is 7.01. The second kappa shape index (κ2) is 23.6. The SMILES string of the molecule is CCn1nc(-c2ccccn2)c(C(CC=COC)c2ccc(Br)cc2)c1CC(=O)OC(C)(C)C.CCn1nc(-c2ccccn2)c(C(CC=O)c2ccc(Br)cc2)c1CC(=O)OC(C)(C)C. The molecule has 348 valence electrons. The predicted molar refractivity (Wildman–Crippen MR) is 265 cm³/mol. The maximum Gasteiger partial charge on any atom is 0.312 e. The van der Waals surface area contributed by atoms with E-state index in [1.165, 1.54) is 0 Å². The number of benzene rings is 2. The molecule has 0 saturated heterocycles. The molecule has 2 unspecified atom stereocenters. The average Bonchev–Trinajstić information content (AvgIpc) is 3.82. The zero-order valence-electron chi connectivity index (χ0n) is 39.3. The van der Waals surface area contributed by atoms with E-state index in [-0.39, 0.29) is 43.0 Å². The molecule has 0 bridgehead atoms. The summed E-state index contributed by atoms with van der Waals surface area (Å²) in [7, 11) is 1.63. The zero-order valence-corrected chi connectivity index (χ0v) is 42.4. The molecule has 6 rings (SSSR count). The molecular formula is C52H60Br2N6O6. The molecule has 66 heavy (non-hydrogen) atoms. The molecule has 0 saturated carbocycles. The van der Waals surface area contributed by atoms with Gasteiger partial charge in [0.1, 0.15) is 28.9 Å². The molecule has 0 aliphatic carbocycles. The van der Waals surface area contributed by atoms with Crippen molar-refractivity contribution in [1.29, 1.82) is 0 Å². The van der Waals surface area contributed by atoms with Gasteiger partial charge in [-0.2, -0.15) is 10.2 Å². The highest BCUT2D eigenvalue weighted by atomic mass is 79.9. The van der Waals surface area contributed by atoms with Crippen LogP contribution >= 0.6 is 31.9 Å². The molecule has 0 aliphatic rings. The third-order valence-electron chi connectivity index (χ3n) is 10.3. The summed E-state index contributed by atoms with van der Waals surface area (Å²) < 4.78 is 22.1. The first-order chi connectivity index (χ1) is 31.5. The highest BCUT2D eigenvalue weighted by molar-refractivity contribution is 9.10. The van der Waals surface area contributed by atoms with Crippen molar-refractivity contribution < 1.29 is 28.6 Å². The topological polar surface area (TPSA) is 140 Å². The third kappa shape index (κ3) is 14.1. The van der Waals surface area contributed by atoms with Gasteiger partial charge in [0, 0.05) is 63.8 Å². The highest BCUT2D eigenvalue weighted by Crippen LogP contribution is 2.40. The van der Waals surface area contributed by atoms with Gasteiger partial charge in [-0.3, -0.25) is 28.9 Å². The van der Waals surface area contributed by atoms with E-state index in [1.54, 1.807) is 25.8 Å². The number of hydrogen-bond acceptors (Lipinski definition) is 10. The number of hydrogen-bond donors (Lipinski definition) is 0. The lowest BCUT2D eigenvalue weighted by Crippen LogP contribution is -2.26. The van der Waals surface area contributed by atoms with E-state index in [2.05, 4.69) is 54.0 Å². The van der Waals surface area contributed by atoms with Crippen molar-refractivity contribution >= 4 is 50.1 Å². The van der Waals surface area contributed by atoms with Crippen LogP contribution in [0.5, 0.6) is 0 Å². The number of carbonyl (C=O) groups excluding carboxylic acids is 3. The van der Waals surface area contributed by atoms with Gasteiger partial charge in [0.25, 0.3) is 0 Å². The van der Waals surface area contributed by atoms with Crippen molar-refractivity contribution in [2.24, 2.45) is 0 Å². The number of halogens is 2. The molecule has 14 heteroatoms. The van der Waals surface area contributed by atoms with Gasteiger partial charge in [-0.15, -0.1) is 0 Å². The molecule has 0 radical (unpaired) electrons. The van der Waals surface area contributed by atoms with Crippen LogP contribution in [0.3, 0.4) is 0 Å². The normalized spacial score (nSPS) is 12.5. The summed E-state index contributed by atoms with van der Waals surface area (Å²) in [6.07, 6.45) is 9.19. The first-order valence-electron chi connectivity index (χ1n) is 22.0. The number of aromatic nitrogens is 6. The molecule has 0 aliphatic heterocycles. The van der Waals surface area contributed by atoms with Gasteiger partial charge >= 0.3 is 11.9 Å². The number of rotatable bonds is 17. The van der Waals surface area contributed by atoms with E-state index in [0.29, 0.717) is 30.9 Å². The quantitative estimate of drug-likeness (QED) is 0.0492. The van der Waals surface area contributed by atoms with E-state index in [9.17, 15) is 14.4 Å². The fourth-order valence-electron chi connectivity index (χ4n) is 7.68. The number of ether oxygens (including phenoxy) is 3. The van der Waals surface area contributed by atoms with E-state index in [4.69, 9.17) is 24.4 Å². The van der Waals surface area contributed by atoms with Crippen molar-refractivity contribution in [1.82, 2.24) is 29.5 Å². The minimum absolute atomic E-state index is 0.0609. The lowest BCUT2D eigenvalue weighted by atomic mass is 9.85. The van der Waals surface area contributed by atoms with Crippen molar-refractivity contribution in [3.63, 3.8) is 0 Å². The molecule has 6 aromatic rings. The van der Waals surface area contributed by atoms with E-state index in [0.717, 1.165) is 60.3 Å². The van der Waals surface area contributed by atoms with Crippen molar-refractivity contribution in [3.05, 3.63) is 152 Å². The van der Waals surface area contributed by atoms with Crippen LogP contribution in [-0.4, -0.2) is 66.1 Å². The Labute approximate surface area is 405 Å². The molecule has 0 spiro atoms. The standard InChI is InChI=1S/C27H32BrN3O3.C25H28BrN3O3/c1-6-31-23(18-24(32)34-27(2,3)4)25(26(30-31)22-11-7-8-16-29-22)21(10-9-17-33-5)19-12-14-20(28)15-13-19;1-5-29-21(16-22(31)32-25(2,3)4)23(24(28-29)20-8-6-7-14-27-20)19(13-15-30)17-9-11-18(26)12-10-17/h7-9,11-17,21H,6,10,18H2,1-5H3;6-12,14-15,19H,5,13,16H2,1-4H3. The van der Waals surface area contributed by atoms with Crippen LogP contribution in [0, 0.1) is 0 Å². The van der Waals surface area contributed by atoms with Crippen molar-refractivity contribution in [2.75, 3.05) is 7.11 Å². The summed E-state index contributed by atoms with van der Waals surface area (Å²) in [5.74, 6) is -0.941. The third-order valence-corrected chi connectivity index (χ3v) is 11.3. The maximum atomic E-state index is 12.9. The van der Waals surface area contributed by atoms with E-state index >= 15 is 0 Å². The van der Waals surface area contributed by atoms with Crippen LogP contribution < -0.4 is 0 Å². The molecule has 0 N–H and O–H groups in total. The molecule has 2 atom stereocenters. The monoisotopic (exact) mass is 1020 g/mol. The highest BCUT2D eigenvalue weighted by Gasteiger charge is 2.31. The number of carbonyl (C=O) groups is 3. The van der Waals surface area contributed by atoms with Gasteiger partial charge in [0.05, 0.1) is 49.0 Å². The first-order valence-corrected chi connectivity index (χ1v) is 23.6. The van der Waals surface area contributed by atoms with E-state index < -0.39 is 11.2 Å². The second-order valence-corrected chi connectivity index (χ2v) is 19.3. The predicted octanol–water partition coefficient (Wildman–Crippen LogP) is 11.6. The van der Waals surface area contributed by atoms with Crippen molar-refractivity contribution in [2.45, 2.75) is 117 Å². The number of pyridine rings is 2. The number of allylic oxidation sites excluding steroid dienone is 1. The van der Waals surface area contributed by atoms with Gasteiger partial charge in [-0.1, -0.05) is 68.3 Å². The van der Waals surface area contributed by atoms with Crippen LogP contribution in [0.4, 0.5) is 0 Å². The Morgan fingerprint density at radius 2 is 1.05 bits per heavy atom. The van der Waals surface area contributed by atoms with E-state index in [1.807, 2.05) is 144 Å². The molecule has 4 heterocycles. The molecule has 12 nitrogen and oxygen atoms in total. The summed E-state index contributed by atoms with van der Waals surface area (Å²) in [6, 6.07) is 27.5. The fraction of sp³-hybridized carbons (Fsp3) is 0.365. The van der Waals surface area contributed by atoms with Crippen LogP contribution in [0.2, 0.25) is 0 Å². The Hall–Kier alpha value is -5.73. The Morgan fingerprint density at radius 3 is 1.38 bits per heavy atom. The van der Waals surface area contributed by atoms with Crippen LogP contribution in [0.25, 0.3) is 22.8 Å². The Kier molecular flexibility index (Phi) is 18.4. The minimum atomic E-state index is -0.591. The van der Waals surface area contributed by atoms with Crippen LogP contribution in [0.15, 0.2) is 119 Å². The molecule has 4 aromatic heterocycles. The summed E-state index contributed by atoms with van der Waals surface area (Å²) in [4.78, 5) is 46.6. The number of methoxy groups -OCH3 is 1. The fourth-order valence-corrected chi connectivity index (χ4v) is 8.21. The second-order valence-electron chi connectivity index (χ2n) is 17.5.